The Kier molecular flexibility index (Phi) is 8.83. The summed E-state index contributed by atoms with van der Waals surface area (Å²) in [5.41, 5.74) is 6.45. The SMILES string of the molecule is CCCCCCCCOc1ccc(C(N)=S)cc1OCC. The summed E-state index contributed by atoms with van der Waals surface area (Å²) in [4.78, 5) is 0.374. The highest BCUT2D eigenvalue weighted by Crippen LogP contribution is 2.28. The Labute approximate surface area is 133 Å². The number of thiocarbonyl (C=S) groups is 1. The Morgan fingerprint density at radius 3 is 2.38 bits per heavy atom. The lowest BCUT2D eigenvalue weighted by Crippen LogP contribution is -2.10. The van der Waals surface area contributed by atoms with E-state index in [0.717, 1.165) is 24.3 Å². The maximum Gasteiger partial charge on any atom is 0.161 e. The zero-order valence-electron chi connectivity index (χ0n) is 13.2. The second-order valence-electron chi connectivity index (χ2n) is 5.08. The maximum atomic E-state index is 5.82. The fourth-order valence-electron chi connectivity index (χ4n) is 2.11. The van der Waals surface area contributed by atoms with E-state index in [1.165, 1.54) is 32.1 Å². The third-order valence-corrected chi connectivity index (χ3v) is 3.52. The van der Waals surface area contributed by atoms with E-state index in [-0.39, 0.29) is 0 Å². The molecule has 3 nitrogen and oxygen atoms in total. The number of ether oxygens (including phenoxy) is 2. The summed E-state index contributed by atoms with van der Waals surface area (Å²) < 4.78 is 11.4. The molecular formula is C17H27NO2S. The molecule has 0 saturated carbocycles. The Balaban J connectivity index is 2.44. The lowest BCUT2D eigenvalue weighted by Gasteiger charge is -2.13. The molecule has 0 aliphatic rings. The van der Waals surface area contributed by atoms with E-state index in [1.54, 1.807) is 0 Å². The van der Waals surface area contributed by atoms with Gasteiger partial charge in [-0.15, -0.1) is 0 Å². The third kappa shape index (κ3) is 6.80. The van der Waals surface area contributed by atoms with E-state index < -0.39 is 0 Å². The van der Waals surface area contributed by atoms with Gasteiger partial charge in [-0.1, -0.05) is 51.2 Å². The zero-order chi connectivity index (χ0) is 15.5. The molecule has 0 fully saturated rings. The molecule has 0 spiro atoms. The van der Waals surface area contributed by atoms with Crippen LogP contribution in [-0.4, -0.2) is 18.2 Å². The fraction of sp³-hybridized carbons (Fsp3) is 0.588. The molecule has 0 aromatic heterocycles. The van der Waals surface area contributed by atoms with Crippen LogP contribution in [-0.2, 0) is 0 Å². The molecule has 0 aliphatic heterocycles. The van der Waals surface area contributed by atoms with Gasteiger partial charge in [0.05, 0.1) is 13.2 Å². The molecule has 1 rings (SSSR count). The molecule has 0 aliphatic carbocycles. The van der Waals surface area contributed by atoms with Crippen LogP contribution in [0.1, 0.15) is 57.9 Å². The summed E-state index contributed by atoms with van der Waals surface area (Å²) in [7, 11) is 0. The normalized spacial score (nSPS) is 10.4. The van der Waals surface area contributed by atoms with Crippen molar-refractivity contribution in [1.29, 1.82) is 0 Å². The lowest BCUT2D eigenvalue weighted by atomic mass is 10.1. The van der Waals surface area contributed by atoms with E-state index in [2.05, 4.69) is 6.92 Å². The molecule has 0 saturated heterocycles. The van der Waals surface area contributed by atoms with E-state index in [4.69, 9.17) is 27.4 Å². The quantitative estimate of drug-likeness (QED) is 0.484. The standard InChI is InChI=1S/C17H27NO2S/c1-3-5-6-7-8-9-12-20-15-11-10-14(17(18)21)13-16(15)19-4-2/h10-11,13H,3-9,12H2,1-2H3,(H2,18,21). The highest BCUT2D eigenvalue weighted by Gasteiger charge is 2.07. The van der Waals surface area contributed by atoms with Gasteiger partial charge >= 0.3 is 0 Å². The molecule has 4 heteroatoms. The van der Waals surface area contributed by atoms with Gasteiger partial charge in [-0.3, -0.25) is 0 Å². The predicted molar refractivity (Wildman–Crippen MR) is 92.4 cm³/mol. The van der Waals surface area contributed by atoms with Gasteiger partial charge in [0.15, 0.2) is 11.5 Å². The van der Waals surface area contributed by atoms with Gasteiger partial charge in [0.1, 0.15) is 4.99 Å². The van der Waals surface area contributed by atoms with Crippen LogP contribution < -0.4 is 15.2 Å². The first-order valence-corrected chi connectivity index (χ1v) is 8.29. The topological polar surface area (TPSA) is 44.5 Å². The first-order valence-electron chi connectivity index (χ1n) is 7.88. The van der Waals surface area contributed by atoms with Gasteiger partial charge in [-0.25, -0.2) is 0 Å². The van der Waals surface area contributed by atoms with Crippen LogP contribution in [0.4, 0.5) is 0 Å². The van der Waals surface area contributed by atoms with Gasteiger partial charge in [0, 0.05) is 5.56 Å². The van der Waals surface area contributed by atoms with Crippen molar-refractivity contribution in [1.82, 2.24) is 0 Å². The number of hydrogen-bond donors (Lipinski definition) is 1. The minimum atomic E-state index is 0.374. The van der Waals surface area contributed by atoms with Crippen molar-refractivity contribution < 1.29 is 9.47 Å². The summed E-state index contributed by atoms with van der Waals surface area (Å²) in [5, 5.41) is 0. The average molecular weight is 309 g/mol. The van der Waals surface area contributed by atoms with Gasteiger partial charge in [-0.2, -0.15) is 0 Å². The molecule has 2 N–H and O–H groups in total. The summed E-state index contributed by atoms with van der Waals surface area (Å²) in [6.45, 7) is 5.49. The Bertz CT molecular complexity index is 435. The van der Waals surface area contributed by atoms with Gasteiger partial charge in [-0.05, 0) is 31.5 Å². The van der Waals surface area contributed by atoms with Crippen molar-refractivity contribution in [3.8, 4) is 11.5 Å². The molecular weight excluding hydrogens is 282 g/mol. The number of unbranched alkanes of at least 4 members (excludes halogenated alkanes) is 5. The minimum absolute atomic E-state index is 0.374. The number of nitrogens with two attached hydrogens (primary N) is 1. The van der Waals surface area contributed by atoms with Crippen LogP contribution in [0.15, 0.2) is 18.2 Å². The molecule has 118 valence electrons. The van der Waals surface area contributed by atoms with Crippen LogP contribution >= 0.6 is 12.2 Å². The van der Waals surface area contributed by atoms with Crippen molar-refractivity contribution >= 4 is 17.2 Å². The zero-order valence-corrected chi connectivity index (χ0v) is 14.0. The molecule has 21 heavy (non-hydrogen) atoms. The van der Waals surface area contributed by atoms with E-state index in [9.17, 15) is 0 Å². The van der Waals surface area contributed by atoms with Crippen LogP contribution in [0.25, 0.3) is 0 Å². The molecule has 0 atom stereocenters. The maximum absolute atomic E-state index is 5.82. The summed E-state index contributed by atoms with van der Waals surface area (Å²) in [6.07, 6.45) is 7.51. The van der Waals surface area contributed by atoms with Crippen LogP contribution in [0.3, 0.4) is 0 Å². The van der Waals surface area contributed by atoms with Gasteiger partial charge < -0.3 is 15.2 Å². The van der Waals surface area contributed by atoms with Crippen molar-refractivity contribution in [2.75, 3.05) is 13.2 Å². The number of rotatable bonds is 11. The monoisotopic (exact) mass is 309 g/mol. The smallest absolute Gasteiger partial charge is 0.161 e. The highest BCUT2D eigenvalue weighted by molar-refractivity contribution is 7.80. The van der Waals surface area contributed by atoms with Gasteiger partial charge in [0.2, 0.25) is 0 Å². The molecule has 0 heterocycles. The Morgan fingerprint density at radius 2 is 1.71 bits per heavy atom. The Hall–Kier alpha value is -1.29. The molecule has 1 aromatic carbocycles. The first kappa shape index (κ1) is 17.8. The lowest BCUT2D eigenvalue weighted by molar-refractivity contribution is 0.270. The Morgan fingerprint density at radius 1 is 1.00 bits per heavy atom. The molecule has 0 radical (unpaired) electrons. The first-order chi connectivity index (χ1) is 10.2. The van der Waals surface area contributed by atoms with Crippen LogP contribution in [0.2, 0.25) is 0 Å². The summed E-state index contributed by atoms with van der Waals surface area (Å²) in [5.74, 6) is 1.49. The number of hydrogen-bond acceptors (Lipinski definition) is 3. The van der Waals surface area contributed by atoms with E-state index in [1.807, 2.05) is 25.1 Å². The highest BCUT2D eigenvalue weighted by atomic mass is 32.1. The number of benzene rings is 1. The summed E-state index contributed by atoms with van der Waals surface area (Å²) >= 11 is 4.99. The average Bonchev–Trinajstić information content (AvgIpc) is 2.47. The van der Waals surface area contributed by atoms with Crippen molar-refractivity contribution in [2.45, 2.75) is 52.4 Å². The fourth-order valence-corrected chi connectivity index (χ4v) is 2.24. The second kappa shape index (κ2) is 10.4. The molecule has 0 bridgehead atoms. The van der Waals surface area contributed by atoms with Crippen LogP contribution in [0, 0.1) is 0 Å². The van der Waals surface area contributed by atoms with Crippen molar-refractivity contribution in [3.05, 3.63) is 23.8 Å². The second-order valence-corrected chi connectivity index (χ2v) is 5.51. The van der Waals surface area contributed by atoms with E-state index >= 15 is 0 Å². The van der Waals surface area contributed by atoms with E-state index in [0.29, 0.717) is 17.3 Å². The summed E-state index contributed by atoms with van der Waals surface area (Å²) in [6, 6.07) is 5.61. The van der Waals surface area contributed by atoms with Gasteiger partial charge in [0.25, 0.3) is 0 Å². The molecule has 0 unspecified atom stereocenters. The van der Waals surface area contributed by atoms with Crippen molar-refractivity contribution in [2.24, 2.45) is 5.73 Å². The predicted octanol–water partition coefficient (Wildman–Crippen LogP) is 4.46. The third-order valence-electron chi connectivity index (χ3n) is 3.28. The molecule has 1 aromatic rings. The largest absolute Gasteiger partial charge is 0.490 e. The minimum Gasteiger partial charge on any atom is -0.490 e. The van der Waals surface area contributed by atoms with Crippen molar-refractivity contribution in [3.63, 3.8) is 0 Å². The molecule has 0 amide bonds. The van der Waals surface area contributed by atoms with Crippen LogP contribution in [0.5, 0.6) is 11.5 Å².